The van der Waals surface area contributed by atoms with Crippen molar-refractivity contribution in [1.29, 1.82) is 0 Å². The van der Waals surface area contributed by atoms with Crippen LogP contribution in [0.1, 0.15) is 20.8 Å². The van der Waals surface area contributed by atoms with Crippen molar-refractivity contribution in [2.75, 3.05) is 19.0 Å². The number of ether oxygens (including phenoxy) is 2. The van der Waals surface area contributed by atoms with Gasteiger partial charge in [0.25, 0.3) is 0 Å². The monoisotopic (exact) mass is 414 g/mol. The van der Waals surface area contributed by atoms with E-state index in [1.807, 2.05) is 18.2 Å². The highest BCUT2D eigenvalue weighted by molar-refractivity contribution is 7.21. The molecular weight excluding hydrogens is 392 g/mol. The van der Waals surface area contributed by atoms with Gasteiger partial charge < -0.3 is 20.1 Å². The minimum absolute atomic E-state index is 0.208. The third-order valence-corrected chi connectivity index (χ3v) is 4.74. The van der Waals surface area contributed by atoms with Gasteiger partial charge in [0, 0.05) is 17.8 Å². The highest BCUT2D eigenvalue weighted by Gasteiger charge is 2.17. The van der Waals surface area contributed by atoms with E-state index in [1.54, 1.807) is 40.1 Å². The van der Waals surface area contributed by atoms with Crippen LogP contribution in [0.3, 0.4) is 0 Å². The first kappa shape index (κ1) is 20.5. The minimum atomic E-state index is -0.649. The van der Waals surface area contributed by atoms with Gasteiger partial charge in [-0.25, -0.2) is 9.78 Å². The molecule has 2 amide bonds. The van der Waals surface area contributed by atoms with Crippen molar-refractivity contribution in [3.63, 3.8) is 0 Å². The maximum absolute atomic E-state index is 12.1. The van der Waals surface area contributed by atoms with E-state index in [0.29, 0.717) is 5.69 Å². The molecule has 8 nitrogen and oxygen atoms in total. The Morgan fingerprint density at radius 1 is 1.17 bits per heavy atom. The summed E-state index contributed by atoms with van der Waals surface area (Å²) in [4.78, 5) is 32.5. The fraction of sp³-hybridized carbons (Fsp3) is 0.300. The quantitative estimate of drug-likeness (QED) is 0.658. The van der Waals surface area contributed by atoms with Gasteiger partial charge in [-0.2, -0.15) is 0 Å². The number of anilines is 1. The third kappa shape index (κ3) is 5.64. The van der Waals surface area contributed by atoms with Crippen molar-refractivity contribution in [3.8, 4) is 16.3 Å². The van der Waals surface area contributed by atoms with E-state index in [4.69, 9.17) is 9.47 Å². The van der Waals surface area contributed by atoms with Crippen LogP contribution in [0.5, 0.6) is 5.75 Å². The molecule has 0 saturated carbocycles. The normalized spacial score (nSPS) is 11.2. The Morgan fingerprint density at radius 3 is 2.69 bits per heavy atom. The molecule has 152 valence electrons. The summed E-state index contributed by atoms with van der Waals surface area (Å²) in [5.74, 6) is 0.356. The van der Waals surface area contributed by atoms with Gasteiger partial charge in [0.2, 0.25) is 5.91 Å². The summed E-state index contributed by atoms with van der Waals surface area (Å²) >= 11 is 1.52. The van der Waals surface area contributed by atoms with E-state index in [1.165, 1.54) is 17.5 Å². The molecule has 0 unspecified atom stereocenters. The Balaban J connectivity index is 1.66. The summed E-state index contributed by atoms with van der Waals surface area (Å²) < 4.78 is 11.4. The number of aromatic nitrogens is 2. The molecule has 0 spiro atoms. The maximum Gasteiger partial charge on any atom is 0.408 e. The standard InChI is InChI=1S/C20H22N4O4S/c1-20(2,3)28-19(26)22-11-17(25)23-13-7-12(9-21-10-13)18-24-15-8-14(27-4)5-6-16(15)29-18/h5-10H,11H2,1-4H3,(H,22,26)(H,23,25). The number of fused-ring (bicyclic) bond motifs is 1. The van der Waals surface area contributed by atoms with Gasteiger partial charge in [-0.05, 0) is 39.0 Å². The van der Waals surface area contributed by atoms with E-state index >= 15 is 0 Å². The van der Waals surface area contributed by atoms with Crippen LogP contribution in [-0.4, -0.2) is 41.2 Å². The molecule has 2 heterocycles. The molecule has 0 bridgehead atoms. The Bertz CT molecular complexity index is 1040. The van der Waals surface area contributed by atoms with Crippen molar-refractivity contribution in [2.24, 2.45) is 0 Å². The minimum Gasteiger partial charge on any atom is -0.497 e. The number of benzene rings is 1. The van der Waals surface area contributed by atoms with E-state index in [-0.39, 0.29) is 12.5 Å². The SMILES string of the molecule is COc1ccc2sc(-c3cncc(NC(=O)CNC(=O)OC(C)(C)C)c3)nc2c1. The lowest BCUT2D eigenvalue weighted by molar-refractivity contribution is -0.115. The van der Waals surface area contributed by atoms with Gasteiger partial charge in [0.05, 0.1) is 29.2 Å². The van der Waals surface area contributed by atoms with E-state index in [0.717, 1.165) is 26.5 Å². The number of hydrogen-bond donors (Lipinski definition) is 2. The molecule has 0 saturated heterocycles. The van der Waals surface area contributed by atoms with Gasteiger partial charge in [-0.15, -0.1) is 11.3 Å². The predicted octanol–water partition coefficient (Wildman–Crippen LogP) is 3.83. The smallest absolute Gasteiger partial charge is 0.408 e. The van der Waals surface area contributed by atoms with Crippen molar-refractivity contribution in [2.45, 2.75) is 26.4 Å². The number of methoxy groups -OCH3 is 1. The number of nitrogens with zero attached hydrogens (tertiary/aromatic N) is 2. The summed E-state index contributed by atoms with van der Waals surface area (Å²) in [5, 5.41) is 5.91. The molecular formula is C20H22N4O4S. The van der Waals surface area contributed by atoms with Gasteiger partial charge >= 0.3 is 6.09 Å². The average Bonchev–Trinajstić information content (AvgIpc) is 3.08. The molecule has 29 heavy (non-hydrogen) atoms. The van der Waals surface area contributed by atoms with Gasteiger partial charge in [0.1, 0.15) is 22.9 Å². The first-order valence-electron chi connectivity index (χ1n) is 8.90. The van der Waals surface area contributed by atoms with Crippen LogP contribution in [-0.2, 0) is 9.53 Å². The largest absolute Gasteiger partial charge is 0.497 e. The molecule has 0 aliphatic rings. The van der Waals surface area contributed by atoms with Crippen LogP contribution in [0.4, 0.5) is 10.5 Å². The van der Waals surface area contributed by atoms with Gasteiger partial charge in [-0.1, -0.05) is 0 Å². The Labute approximate surface area is 172 Å². The second-order valence-corrected chi connectivity index (χ2v) is 8.25. The summed E-state index contributed by atoms with van der Waals surface area (Å²) in [5.41, 5.74) is 1.50. The van der Waals surface area contributed by atoms with Crippen LogP contribution in [0.2, 0.25) is 0 Å². The number of hydrogen-bond acceptors (Lipinski definition) is 7. The van der Waals surface area contributed by atoms with Crippen molar-refractivity contribution < 1.29 is 19.1 Å². The molecule has 2 N–H and O–H groups in total. The first-order chi connectivity index (χ1) is 13.7. The van der Waals surface area contributed by atoms with Gasteiger partial charge in [0.15, 0.2) is 0 Å². The Kier molecular flexibility index (Phi) is 5.97. The fourth-order valence-corrected chi connectivity index (χ4v) is 3.38. The Morgan fingerprint density at radius 2 is 1.97 bits per heavy atom. The molecule has 0 aliphatic heterocycles. The van der Waals surface area contributed by atoms with E-state index in [9.17, 15) is 9.59 Å². The average molecular weight is 414 g/mol. The van der Waals surface area contributed by atoms with E-state index in [2.05, 4.69) is 20.6 Å². The number of nitrogens with one attached hydrogen (secondary N) is 2. The first-order valence-corrected chi connectivity index (χ1v) is 9.72. The molecule has 2 aromatic heterocycles. The third-order valence-electron chi connectivity index (χ3n) is 3.66. The summed E-state index contributed by atoms with van der Waals surface area (Å²) in [6.07, 6.45) is 2.57. The molecule has 3 aromatic rings. The maximum atomic E-state index is 12.1. The van der Waals surface area contributed by atoms with Crippen LogP contribution in [0.15, 0.2) is 36.7 Å². The molecule has 3 rings (SSSR count). The topological polar surface area (TPSA) is 102 Å². The number of carbonyl (C=O) groups excluding carboxylic acids is 2. The van der Waals surface area contributed by atoms with Crippen molar-refractivity contribution in [3.05, 3.63) is 36.7 Å². The number of amides is 2. The summed E-state index contributed by atoms with van der Waals surface area (Å²) in [7, 11) is 1.61. The predicted molar refractivity (Wildman–Crippen MR) is 112 cm³/mol. The molecule has 1 aromatic carbocycles. The van der Waals surface area contributed by atoms with Gasteiger partial charge in [-0.3, -0.25) is 9.78 Å². The zero-order valence-electron chi connectivity index (χ0n) is 16.6. The van der Waals surface area contributed by atoms with Crippen LogP contribution in [0.25, 0.3) is 20.8 Å². The van der Waals surface area contributed by atoms with Crippen molar-refractivity contribution in [1.82, 2.24) is 15.3 Å². The molecule has 0 aliphatic carbocycles. The van der Waals surface area contributed by atoms with Crippen LogP contribution in [0, 0.1) is 0 Å². The number of thiazole rings is 1. The summed E-state index contributed by atoms with van der Waals surface area (Å²) in [6, 6.07) is 7.50. The molecule has 9 heteroatoms. The highest BCUT2D eigenvalue weighted by Crippen LogP contribution is 2.32. The van der Waals surface area contributed by atoms with Crippen molar-refractivity contribution >= 4 is 39.2 Å². The number of alkyl carbamates (subject to hydrolysis) is 1. The number of rotatable bonds is 5. The second-order valence-electron chi connectivity index (χ2n) is 7.22. The number of pyridine rings is 1. The molecule has 0 fully saturated rings. The van der Waals surface area contributed by atoms with Crippen LogP contribution >= 0.6 is 11.3 Å². The van der Waals surface area contributed by atoms with E-state index < -0.39 is 11.7 Å². The van der Waals surface area contributed by atoms with Crippen LogP contribution < -0.4 is 15.4 Å². The molecule has 0 atom stereocenters. The number of carbonyl (C=O) groups is 2. The lowest BCUT2D eigenvalue weighted by atomic mass is 10.2. The zero-order chi connectivity index (χ0) is 21.0. The fourth-order valence-electron chi connectivity index (χ4n) is 2.45. The Hall–Kier alpha value is -3.20. The lowest BCUT2D eigenvalue weighted by Gasteiger charge is -2.19. The second kappa shape index (κ2) is 8.44. The zero-order valence-corrected chi connectivity index (χ0v) is 17.4. The molecule has 0 radical (unpaired) electrons. The lowest BCUT2D eigenvalue weighted by Crippen LogP contribution is -2.37. The summed E-state index contributed by atoms with van der Waals surface area (Å²) in [6.45, 7) is 5.05. The highest BCUT2D eigenvalue weighted by atomic mass is 32.1.